The van der Waals surface area contributed by atoms with E-state index in [2.05, 4.69) is 32.1 Å². The lowest BCUT2D eigenvalue weighted by Crippen LogP contribution is -2.39. The molecule has 0 saturated carbocycles. The van der Waals surface area contributed by atoms with Crippen LogP contribution in [0, 0.1) is 9.39 Å². The van der Waals surface area contributed by atoms with Crippen LogP contribution in [0.2, 0.25) is 0 Å². The maximum Gasteiger partial charge on any atom is 0.419 e. The number of para-hydroxylation sites is 1. The van der Waals surface area contributed by atoms with Gasteiger partial charge in [-0.15, -0.1) is 0 Å². The molecule has 3 heterocycles. The third-order valence-corrected chi connectivity index (χ3v) is 7.69. The number of aryl methyl sites for hydroxylation is 1. The summed E-state index contributed by atoms with van der Waals surface area (Å²) < 4.78 is 55.8. The van der Waals surface area contributed by atoms with Crippen molar-refractivity contribution in [3.05, 3.63) is 57.5 Å². The summed E-state index contributed by atoms with van der Waals surface area (Å²) in [4.78, 5) is 13.4. The van der Waals surface area contributed by atoms with Gasteiger partial charge in [-0.2, -0.15) is 23.3 Å². The number of alkyl halides is 3. The molecule has 12 heteroatoms. The summed E-state index contributed by atoms with van der Waals surface area (Å²) in [6.07, 6.45) is -1.36. The van der Waals surface area contributed by atoms with Gasteiger partial charge in [-0.1, -0.05) is 18.2 Å². The van der Waals surface area contributed by atoms with Crippen molar-refractivity contribution in [2.75, 3.05) is 29.9 Å². The first-order chi connectivity index (χ1) is 17.6. The first kappa shape index (κ1) is 25.5. The summed E-state index contributed by atoms with van der Waals surface area (Å²) in [6.45, 7) is 1.65. The van der Waals surface area contributed by atoms with Crippen LogP contribution in [0.1, 0.15) is 18.4 Å². The first-order valence-corrected chi connectivity index (χ1v) is 12.6. The van der Waals surface area contributed by atoms with Crippen LogP contribution in [-0.2, 0) is 13.2 Å². The Morgan fingerprint density at radius 2 is 1.95 bits per heavy atom. The first-order valence-electron chi connectivity index (χ1n) is 11.6. The van der Waals surface area contributed by atoms with E-state index in [1.54, 1.807) is 29.6 Å². The Bertz CT molecular complexity index is 1460. The minimum Gasteiger partial charge on any atom is -0.504 e. The molecular formula is C25H23F4IN6O. The number of hydrogen-bond acceptors (Lipinski definition) is 6. The normalized spacial score (nSPS) is 16.1. The average molecular weight is 626 g/mol. The number of anilines is 2. The average Bonchev–Trinajstić information content (AvgIpc) is 3.46. The van der Waals surface area contributed by atoms with Crippen molar-refractivity contribution < 1.29 is 22.7 Å². The molecule has 0 bridgehead atoms. The van der Waals surface area contributed by atoms with Crippen LogP contribution in [0.15, 0.2) is 42.6 Å². The highest BCUT2D eigenvalue weighted by Gasteiger charge is 2.37. The lowest BCUT2D eigenvalue weighted by Gasteiger charge is -2.30. The molecule has 0 radical (unpaired) electrons. The molecule has 0 amide bonds. The molecule has 0 spiro atoms. The number of phenolic OH excluding ortho intramolecular Hbond substituents is 1. The van der Waals surface area contributed by atoms with Crippen molar-refractivity contribution >= 4 is 45.3 Å². The van der Waals surface area contributed by atoms with Crippen molar-refractivity contribution in [2.24, 2.45) is 7.05 Å². The van der Waals surface area contributed by atoms with E-state index in [1.165, 1.54) is 16.6 Å². The second-order valence-electron chi connectivity index (χ2n) is 9.03. The summed E-state index contributed by atoms with van der Waals surface area (Å²) >= 11 is 1.61. The van der Waals surface area contributed by atoms with Gasteiger partial charge >= 0.3 is 6.18 Å². The zero-order chi connectivity index (χ0) is 26.5. The lowest BCUT2D eigenvalue weighted by atomic mass is 10.0. The minimum absolute atomic E-state index is 0.0495. The van der Waals surface area contributed by atoms with Gasteiger partial charge in [-0.3, -0.25) is 0 Å². The van der Waals surface area contributed by atoms with Crippen LogP contribution < -0.4 is 9.80 Å². The van der Waals surface area contributed by atoms with E-state index in [4.69, 9.17) is 0 Å². The van der Waals surface area contributed by atoms with Gasteiger partial charge < -0.3 is 14.9 Å². The SMILES string of the molecule is CN(CC1CCCN1c1ccccc1)c1ncc2c(-c3cc(C(F)(F)F)c(F)c(O)c3I)nn(C)c2n1. The topological polar surface area (TPSA) is 70.3 Å². The molecule has 1 unspecified atom stereocenters. The van der Waals surface area contributed by atoms with E-state index in [-0.39, 0.29) is 20.9 Å². The van der Waals surface area contributed by atoms with Crippen LogP contribution in [0.4, 0.5) is 29.2 Å². The summed E-state index contributed by atoms with van der Waals surface area (Å²) in [5.41, 5.74) is 0.0957. The highest BCUT2D eigenvalue weighted by Crippen LogP contribution is 2.42. The molecule has 1 aliphatic heterocycles. The molecule has 1 N–H and O–H groups in total. The van der Waals surface area contributed by atoms with Gasteiger partial charge in [0.1, 0.15) is 5.69 Å². The molecule has 4 aromatic rings. The Kier molecular flexibility index (Phi) is 6.62. The number of aromatic hydroxyl groups is 1. The maximum atomic E-state index is 14.2. The molecule has 2 aromatic heterocycles. The van der Waals surface area contributed by atoms with E-state index in [0.29, 0.717) is 29.6 Å². The molecule has 37 heavy (non-hydrogen) atoms. The van der Waals surface area contributed by atoms with Crippen molar-refractivity contribution in [1.29, 1.82) is 0 Å². The molecule has 1 saturated heterocycles. The van der Waals surface area contributed by atoms with E-state index >= 15 is 0 Å². The molecule has 1 fully saturated rings. The van der Waals surface area contributed by atoms with Gasteiger partial charge in [0.15, 0.2) is 17.2 Å². The van der Waals surface area contributed by atoms with Crippen molar-refractivity contribution in [3.8, 4) is 17.0 Å². The smallest absolute Gasteiger partial charge is 0.419 e. The van der Waals surface area contributed by atoms with Gasteiger partial charge in [0.25, 0.3) is 0 Å². The van der Waals surface area contributed by atoms with Crippen LogP contribution >= 0.6 is 22.6 Å². The number of fused-ring (bicyclic) bond motifs is 1. The molecular weight excluding hydrogens is 603 g/mol. The fourth-order valence-electron chi connectivity index (χ4n) is 4.80. The Morgan fingerprint density at radius 1 is 1.22 bits per heavy atom. The van der Waals surface area contributed by atoms with Gasteiger partial charge in [0.2, 0.25) is 5.95 Å². The number of aromatic nitrogens is 4. The van der Waals surface area contributed by atoms with Crippen molar-refractivity contribution in [3.63, 3.8) is 0 Å². The van der Waals surface area contributed by atoms with Gasteiger partial charge in [-0.05, 0) is 53.6 Å². The van der Waals surface area contributed by atoms with Crippen LogP contribution in [0.25, 0.3) is 22.3 Å². The number of nitrogens with zero attached hydrogens (tertiary/aromatic N) is 6. The second-order valence-corrected chi connectivity index (χ2v) is 10.1. The summed E-state index contributed by atoms with van der Waals surface area (Å²) in [6, 6.07) is 11.2. The molecule has 194 valence electrons. The summed E-state index contributed by atoms with van der Waals surface area (Å²) in [7, 11) is 3.52. The van der Waals surface area contributed by atoms with Crippen molar-refractivity contribution in [1.82, 2.24) is 19.7 Å². The Labute approximate surface area is 223 Å². The van der Waals surface area contributed by atoms with E-state index in [0.717, 1.165) is 19.4 Å². The van der Waals surface area contributed by atoms with Gasteiger partial charge in [0, 0.05) is 50.7 Å². The fraction of sp³-hybridized carbons (Fsp3) is 0.320. The Morgan fingerprint density at radius 3 is 2.65 bits per heavy atom. The zero-order valence-corrected chi connectivity index (χ0v) is 22.1. The van der Waals surface area contributed by atoms with Crippen LogP contribution in [0.5, 0.6) is 5.75 Å². The highest BCUT2D eigenvalue weighted by molar-refractivity contribution is 14.1. The second kappa shape index (κ2) is 9.62. The number of halogens is 5. The van der Waals surface area contributed by atoms with E-state index in [1.807, 2.05) is 30.1 Å². The number of rotatable bonds is 5. The highest BCUT2D eigenvalue weighted by atomic mass is 127. The number of benzene rings is 2. The zero-order valence-electron chi connectivity index (χ0n) is 20.0. The predicted molar refractivity (Wildman–Crippen MR) is 141 cm³/mol. The van der Waals surface area contributed by atoms with E-state index < -0.39 is 23.3 Å². The van der Waals surface area contributed by atoms with Crippen molar-refractivity contribution in [2.45, 2.75) is 25.1 Å². The molecule has 5 rings (SSSR count). The third-order valence-electron chi connectivity index (χ3n) is 6.60. The third kappa shape index (κ3) is 4.66. The maximum absolute atomic E-state index is 14.2. The minimum atomic E-state index is -4.98. The van der Waals surface area contributed by atoms with Gasteiger partial charge in [0.05, 0.1) is 14.5 Å². The molecule has 1 aliphatic rings. The number of phenols is 1. The Hall–Kier alpha value is -3.16. The van der Waals surface area contributed by atoms with Gasteiger partial charge in [-0.25, -0.2) is 14.1 Å². The quantitative estimate of drug-likeness (QED) is 0.230. The Balaban J connectivity index is 1.48. The molecule has 7 nitrogen and oxygen atoms in total. The molecule has 1 atom stereocenters. The standard InChI is InChI=1S/C25H23F4IN6O/c1-34(13-15-9-6-10-36(15)14-7-4-3-5-8-14)24-31-12-17-21(33-35(2)23(17)32-24)16-11-18(25(27,28)29)19(26)22(37)20(16)30/h3-5,7-8,11-12,15,37H,6,9-10,13H2,1-2H3. The monoisotopic (exact) mass is 626 g/mol. The summed E-state index contributed by atoms with van der Waals surface area (Å²) in [5, 5.41) is 14.8. The molecule has 0 aliphatic carbocycles. The van der Waals surface area contributed by atoms with Crippen LogP contribution in [0.3, 0.4) is 0 Å². The largest absolute Gasteiger partial charge is 0.504 e. The molecule has 2 aromatic carbocycles. The number of hydrogen-bond donors (Lipinski definition) is 1. The van der Waals surface area contributed by atoms with Crippen LogP contribution in [-0.4, -0.2) is 51.0 Å². The number of likely N-dealkylation sites (N-methyl/N-ethyl adjacent to an activating group) is 1. The lowest BCUT2D eigenvalue weighted by molar-refractivity contribution is -0.140. The summed E-state index contributed by atoms with van der Waals surface area (Å²) in [5.74, 6) is -2.33. The fourth-order valence-corrected chi connectivity index (χ4v) is 5.44. The van der Waals surface area contributed by atoms with E-state index in [9.17, 15) is 22.7 Å². The predicted octanol–water partition coefficient (Wildman–Crippen LogP) is 5.60.